The van der Waals surface area contributed by atoms with Crippen LogP contribution in [0.4, 0.5) is 4.39 Å². The molecule has 2 unspecified atom stereocenters. The van der Waals surface area contributed by atoms with Crippen LogP contribution in [0.25, 0.3) is 0 Å². The molecule has 1 fully saturated rings. The minimum atomic E-state index is -0.367. The smallest absolute Gasteiger partial charge is 0.222 e. The maximum atomic E-state index is 13.6. The third-order valence-electron chi connectivity index (χ3n) is 4.74. The largest absolute Gasteiger partial charge is 0.486 e. The Bertz CT molecular complexity index is 644. The van der Waals surface area contributed by atoms with Gasteiger partial charge in [-0.05, 0) is 38.3 Å². The van der Waals surface area contributed by atoms with Crippen LogP contribution in [0.5, 0.6) is 5.75 Å². The second-order valence-electron chi connectivity index (χ2n) is 6.78. The van der Waals surface area contributed by atoms with Crippen molar-refractivity contribution < 1.29 is 13.9 Å². The Hall–Kier alpha value is -1.58. The summed E-state index contributed by atoms with van der Waals surface area (Å²) in [6, 6.07) is 6.65. The summed E-state index contributed by atoms with van der Waals surface area (Å²) in [5, 5.41) is 6.46. The summed E-state index contributed by atoms with van der Waals surface area (Å²) in [5.41, 5.74) is 0. The molecule has 1 aromatic rings. The molecule has 0 radical (unpaired) electrons. The highest BCUT2D eigenvalue weighted by molar-refractivity contribution is 14.0. The number of benzene rings is 1. The first-order chi connectivity index (χ1) is 13.0. The van der Waals surface area contributed by atoms with Crippen LogP contribution in [0.3, 0.4) is 0 Å². The quantitative estimate of drug-likeness (QED) is 0.307. The van der Waals surface area contributed by atoms with E-state index >= 15 is 0 Å². The van der Waals surface area contributed by atoms with Crippen molar-refractivity contribution >= 4 is 35.8 Å². The van der Waals surface area contributed by atoms with Crippen LogP contribution in [0, 0.1) is 5.82 Å². The first-order valence-electron chi connectivity index (χ1n) is 9.70. The Morgan fingerprint density at radius 3 is 2.71 bits per heavy atom. The number of amides is 1. The number of aliphatic imine (C=N–C) groups is 1. The molecule has 6 nitrogen and oxygen atoms in total. The molecule has 8 heteroatoms. The number of carbonyl (C=O) groups is 1. The van der Waals surface area contributed by atoms with Gasteiger partial charge in [0.25, 0.3) is 0 Å². The van der Waals surface area contributed by atoms with Crippen molar-refractivity contribution in [3.05, 3.63) is 30.1 Å². The zero-order valence-corrected chi connectivity index (χ0v) is 19.2. The number of para-hydroxylation sites is 1. The molecule has 1 aliphatic heterocycles. The van der Waals surface area contributed by atoms with Gasteiger partial charge in [0.2, 0.25) is 5.91 Å². The summed E-state index contributed by atoms with van der Waals surface area (Å²) in [4.78, 5) is 18.1. The topological polar surface area (TPSA) is 66.0 Å². The minimum absolute atomic E-state index is 0. The fraction of sp³-hybridized carbons (Fsp3) is 0.600. The van der Waals surface area contributed by atoms with Gasteiger partial charge in [0.15, 0.2) is 17.5 Å². The molecule has 2 N–H and O–H groups in total. The maximum Gasteiger partial charge on any atom is 0.222 e. The number of hydrogen-bond acceptors (Lipinski definition) is 3. The van der Waals surface area contributed by atoms with Crippen molar-refractivity contribution in [2.75, 3.05) is 26.7 Å². The molecular weight excluding hydrogens is 474 g/mol. The average Bonchev–Trinajstić information content (AvgIpc) is 3.09. The van der Waals surface area contributed by atoms with E-state index < -0.39 is 0 Å². The molecular formula is C20H32FIN4O2. The van der Waals surface area contributed by atoms with Crippen LogP contribution < -0.4 is 15.4 Å². The van der Waals surface area contributed by atoms with Gasteiger partial charge in [-0.2, -0.15) is 0 Å². The lowest BCUT2D eigenvalue weighted by Crippen LogP contribution is -2.44. The second-order valence-corrected chi connectivity index (χ2v) is 6.78. The molecule has 1 aliphatic rings. The molecule has 0 aliphatic carbocycles. The van der Waals surface area contributed by atoms with E-state index in [1.807, 2.05) is 11.8 Å². The fourth-order valence-corrected chi connectivity index (χ4v) is 3.25. The van der Waals surface area contributed by atoms with Crippen molar-refractivity contribution in [1.29, 1.82) is 0 Å². The summed E-state index contributed by atoms with van der Waals surface area (Å²) in [6.45, 7) is 6.08. The molecule has 0 aromatic heterocycles. The fourth-order valence-electron chi connectivity index (χ4n) is 3.25. The average molecular weight is 506 g/mol. The Balaban J connectivity index is 0.00000392. The van der Waals surface area contributed by atoms with Gasteiger partial charge in [0.1, 0.15) is 6.10 Å². The molecule has 0 bridgehead atoms. The zero-order chi connectivity index (χ0) is 19.6. The summed E-state index contributed by atoms with van der Waals surface area (Å²) >= 11 is 0. The molecule has 0 saturated carbocycles. The van der Waals surface area contributed by atoms with Gasteiger partial charge in [-0.3, -0.25) is 9.79 Å². The predicted octanol–water partition coefficient (Wildman–Crippen LogP) is 3.17. The lowest BCUT2D eigenvalue weighted by atomic mass is 10.1. The number of guanidine groups is 1. The van der Waals surface area contributed by atoms with E-state index in [4.69, 9.17) is 4.74 Å². The number of nitrogens with zero attached hydrogens (tertiary/aromatic N) is 2. The molecule has 2 rings (SSSR count). The van der Waals surface area contributed by atoms with Crippen molar-refractivity contribution in [1.82, 2.24) is 15.5 Å². The molecule has 0 spiro atoms. The molecule has 1 saturated heterocycles. The van der Waals surface area contributed by atoms with Crippen molar-refractivity contribution in [2.45, 2.75) is 51.7 Å². The van der Waals surface area contributed by atoms with Gasteiger partial charge in [0, 0.05) is 32.6 Å². The van der Waals surface area contributed by atoms with Crippen LogP contribution >= 0.6 is 24.0 Å². The maximum absolute atomic E-state index is 13.6. The van der Waals surface area contributed by atoms with Crippen LogP contribution in [0.2, 0.25) is 0 Å². The van der Waals surface area contributed by atoms with E-state index in [9.17, 15) is 9.18 Å². The van der Waals surface area contributed by atoms with E-state index in [-0.39, 0.29) is 53.6 Å². The zero-order valence-electron chi connectivity index (χ0n) is 16.9. The monoisotopic (exact) mass is 506 g/mol. The van der Waals surface area contributed by atoms with E-state index in [0.29, 0.717) is 18.9 Å². The van der Waals surface area contributed by atoms with Gasteiger partial charge in [-0.1, -0.05) is 19.1 Å². The van der Waals surface area contributed by atoms with Gasteiger partial charge in [-0.25, -0.2) is 4.39 Å². The van der Waals surface area contributed by atoms with Crippen molar-refractivity contribution in [2.24, 2.45) is 4.99 Å². The number of rotatable bonds is 9. The molecule has 158 valence electrons. The highest BCUT2D eigenvalue weighted by Crippen LogP contribution is 2.18. The Labute approximate surface area is 184 Å². The van der Waals surface area contributed by atoms with E-state index in [0.717, 1.165) is 32.4 Å². The third kappa shape index (κ3) is 7.44. The standard InChI is InChI=1S/C20H31FN4O2.HI/c1-4-16(25-13-7-10-19(25)26)11-12-23-20(22-3)24-14-15(2)27-18-9-6-5-8-17(18)21;/h5-6,8-9,15-16H,4,7,10-14H2,1-3H3,(H2,22,23,24);1H. The summed E-state index contributed by atoms with van der Waals surface area (Å²) in [5.74, 6) is 0.815. The summed E-state index contributed by atoms with van der Waals surface area (Å²) in [7, 11) is 1.71. The number of halogens is 2. The normalized spacial score (nSPS) is 16.4. The number of likely N-dealkylation sites (tertiary alicyclic amines) is 1. The van der Waals surface area contributed by atoms with E-state index in [1.165, 1.54) is 6.07 Å². The summed E-state index contributed by atoms with van der Waals surface area (Å²) in [6.07, 6.45) is 3.25. The first kappa shape index (κ1) is 24.5. The van der Waals surface area contributed by atoms with Crippen LogP contribution in [0.15, 0.2) is 29.3 Å². The predicted molar refractivity (Wildman–Crippen MR) is 121 cm³/mol. The third-order valence-corrected chi connectivity index (χ3v) is 4.74. The number of carbonyl (C=O) groups excluding carboxylic acids is 1. The summed E-state index contributed by atoms with van der Waals surface area (Å²) < 4.78 is 19.3. The van der Waals surface area contributed by atoms with Gasteiger partial charge in [-0.15, -0.1) is 24.0 Å². The van der Waals surface area contributed by atoms with Crippen molar-refractivity contribution in [3.8, 4) is 5.75 Å². The van der Waals surface area contributed by atoms with Crippen molar-refractivity contribution in [3.63, 3.8) is 0 Å². The Morgan fingerprint density at radius 2 is 2.11 bits per heavy atom. The van der Waals surface area contributed by atoms with Crippen LogP contribution in [-0.4, -0.2) is 55.6 Å². The molecule has 1 aromatic carbocycles. The lowest BCUT2D eigenvalue weighted by molar-refractivity contribution is -0.129. The van der Waals surface area contributed by atoms with Crippen LogP contribution in [0.1, 0.15) is 39.5 Å². The molecule has 2 atom stereocenters. The number of hydrogen-bond donors (Lipinski definition) is 2. The van der Waals surface area contributed by atoms with E-state index in [2.05, 4.69) is 22.5 Å². The van der Waals surface area contributed by atoms with Gasteiger partial charge in [0.05, 0.1) is 6.54 Å². The van der Waals surface area contributed by atoms with Crippen LogP contribution in [-0.2, 0) is 4.79 Å². The molecule has 1 amide bonds. The number of nitrogens with one attached hydrogen (secondary N) is 2. The second kappa shape index (κ2) is 12.8. The van der Waals surface area contributed by atoms with E-state index in [1.54, 1.807) is 25.2 Å². The Kier molecular flexibility index (Phi) is 11.2. The highest BCUT2D eigenvalue weighted by Gasteiger charge is 2.26. The van der Waals surface area contributed by atoms with Gasteiger partial charge < -0.3 is 20.3 Å². The lowest BCUT2D eigenvalue weighted by Gasteiger charge is -2.27. The Morgan fingerprint density at radius 1 is 1.36 bits per heavy atom. The minimum Gasteiger partial charge on any atom is -0.486 e. The number of ether oxygens (including phenoxy) is 1. The first-order valence-corrected chi connectivity index (χ1v) is 9.70. The molecule has 1 heterocycles. The van der Waals surface area contributed by atoms with Gasteiger partial charge >= 0.3 is 0 Å². The SMILES string of the molecule is CCC(CCNC(=NC)NCC(C)Oc1ccccc1F)N1CCCC1=O.I. The highest BCUT2D eigenvalue weighted by atomic mass is 127. The molecule has 28 heavy (non-hydrogen) atoms.